The van der Waals surface area contributed by atoms with Crippen molar-refractivity contribution >= 4 is 11.6 Å². The molecular formula is C6H8ClNO2. The lowest BCUT2D eigenvalue weighted by Crippen LogP contribution is -1.93. The van der Waals surface area contributed by atoms with Gasteiger partial charge in [0.15, 0.2) is 5.89 Å². The number of nitrogens with zero attached hydrogens (tertiary/aromatic N) is 1. The van der Waals surface area contributed by atoms with Crippen LogP contribution < -0.4 is 0 Å². The molecule has 1 aromatic rings. The highest BCUT2D eigenvalue weighted by atomic mass is 35.5. The van der Waals surface area contributed by atoms with E-state index in [9.17, 15) is 0 Å². The van der Waals surface area contributed by atoms with Crippen LogP contribution in [0.15, 0.2) is 10.6 Å². The van der Waals surface area contributed by atoms with E-state index in [0.29, 0.717) is 24.1 Å². The van der Waals surface area contributed by atoms with Crippen LogP contribution in [0.25, 0.3) is 0 Å². The van der Waals surface area contributed by atoms with E-state index in [1.807, 2.05) is 0 Å². The molecule has 0 aromatic carbocycles. The Morgan fingerprint density at radius 2 is 2.60 bits per heavy atom. The molecule has 0 spiro atoms. The Morgan fingerprint density at radius 1 is 1.80 bits per heavy atom. The lowest BCUT2D eigenvalue weighted by Gasteiger charge is -1.91. The van der Waals surface area contributed by atoms with Crippen LogP contribution in [0.3, 0.4) is 0 Å². The second-order valence-electron chi connectivity index (χ2n) is 1.80. The van der Waals surface area contributed by atoms with Crippen molar-refractivity contribution in [2.45, 2.75) is 6.42 Å². The minimum atomic E-state index is 0.325. The summed E-state index contributed by atoms with van der Waals surface area (Å²) in [6, 6.07) is 0. The number of methoxy groups -OCH3 is 1. The monoisotopic (exact) mass is 161 g/mol. The predicted octanol–water partition coefficient (Wildman–Crippen LogP) is 1.52. The van der Waals surface area contributed by atoms with Crippen molar-refractivity contribution in [1.29, 1.82) is 0 Å². The van der Waals surface area contributed by atoms with Gasteiger partial charge >= 0.3 is 0 Å². The van der Waals surface area contributed by atoms with Crippen LogP contribution >= 0.6 is 11.6 Å². The van der Waals surface area contributed by atoms with Gasteiger partial charge in [0.2, 0.25) is 5.22 Å². The van der Waals surface area contributed by atoms with E-state index in [-0.39, 0.29) is 0 Å². The Bertz CT molecular complexity index is 199. The van der Waals surface area contributed by atoms with Crippen LogP contribution in [-0.4, -0.2) is 18.7 Å². The molecule has 0 aliphatic carbocycles. The summed E-state index contributed by atoms with van der Waals surface area (Å²) in [4.78, 5) is 3.87. The molecule has 0 N–H and O–H groups in total. The van der Waals surface area contributed by atoms with Crippen LogP contribution in [0.2, 0.25) is 5.22 Å². The van der Waals surface area contributed by atoms with Gasteiger partial charge in [0.25, 0.3) is 0 Å². The predicted molar refractivity (Wildman–Crippen MR) is 37.1 cm³/mol. The summed E-state index contributed by atoms with van der Waals surface area (Å²) in [7, 11) is 1.63. The first-order chi connectivity index (χ1) is 4.83. The minimum absolute atomic E-state index is 0.325. The number of hydrogen-bond acceptors (Lipinski definition) is 3. The van der Waals surface area contributed by atoms with E-state index >= 15 is 0 Å². The molecule has 1 aromatic heterocycles. The highest BCUT2D eigenvalue weighted by molar-refractivity contribution is 6.28. The van der Waals surface area contributed by atoms with Crippen LogP contribution in [0.5, 0.6) is 0 Å². The van der Waals surface area contributed by atoms with E-state index in [1.165, 1.54) is 6.20 Å². The van der Waals surface area contributed by atoms with Crippen molar-refractivity contribution in [3.8, 4) is 0 Å². The van der Waals surface area contributed by atoms with Crippen molar-refractivity contribution < 1.29 is 9.15 Å². The van der Waals surface area contributed by atoms with Crippen molar-refractivity contribution in [2.75, 3.05) is 13.7 Å². The molecule has 0 radical (unpaired) electrons. The second-order valence-corrected chi connectivity index (χ2v) is 2.17. The number of halogens is 1. The van der Waals surface area contributed by atoms with E-state index in [2.05, 4.69) is 4.98 Å². The molecule has 56 valence electrons. The van der Waals surface area contributed by atoms with Crippen LogP contribution in [-0.2, 0) is 11.2 Å². The summed E-state index contributed by atoms with van der Waals surface area (Å²) in [6.45, 7) is 0.608. The number of ether oxygens (including phenoxy) is 1. The summed E-state index contributed by atoms with van der Waals surface area (Å²) in [5, 5.41) is 0.325. The smallest absolute Gasteiger partial charge is 0.213 e. The van der Waals surface area contributed by atoms with E-state index in [4.69, 9.17) is 20.8 Å². The van der Waals surface area contributed by atoms with E-state index in [0.717, 1.165) is 0 Å². The molecule has 0 amide bonds. The number of oxazole rings is 1. The van der Waals surface area contributed by atoms with Gasteiger partial charge in [-0.15, -0.1) is 0 Å². The van der Waals surface area contributed by atoms with Crippen molar-refractivity contribution in [3.05, 3.63) is 17.3 Å². The molecule has 1 heterocycles. The fourth-order valence-corrected chi connectivity index (χ4v) is 0.731. The summed E-state index contributed by atoms with van der Waals surface area (Å²) < 4.78 is 9.77. The van der Waals surface area contributed by atoms with Gasteiger partial charge in [-0.25, -0.2) is 4.98 Å². The molecule has 0 saturated heterocycles. The van der Waals surface area contributed by atoms with Crippen LogP contribution in [0.4, 0.5) is 0 Å². The molecule has 0 fully saturated rings. The Morgan fingerprint density at radius 3 is 3.10 bits per heavy atom. The number of rotatable bonds is 3. The second kappa shape index (κ2) is 3.58. The van der Waals surface area contributed by atoms with Gasteiger partial charge in [-0.1, -0.05) is 0 Å². The van der Waals surface area contributed by atoms with Gasteiger partial charge in [-0.2, -0.15) is 0 Å². The molecule has 0 aliphatic heterocycles. The average molecular weight is 162 g/mol. The summed E-state index contributed by atoms with van der Waals surface area (Å²) >= 11 is 5.47. The largest absolute Gasteiger partial charge is 0.429 e. The quantitative estimate of drug-likeness (QED) is 0.674. The fraction of sp³-hybridized carbons (Fsp3) is 0.500. The first-order valence-corrected chi connectivity index (χ1v) is 3.30. The lowest BCUT2D eigenvalue weighted by atomic mass is 10.5. The Labute approximate surface area is 64.0 Å². The highest BCUT2D eigenvalue weighted by Gasteiger charge is 1.99. The molecule has 0 bridgehead atoms. The first kappa shape index (κ1) is 7.57. The maximum Gasteiger partial charge on any atom is 0.213 e. The van der Waals surface area contributed by atoms with Gasteiger partial charge in [-0.05, 0) is 11.6 Å². The zero-order chi connectivity index (χ0) is 7.40. The van der Waals surface area contributed by atoms with Crippen molar-refractivity contribution in [3.63, 3.8) is 0 Å². The third-order valence-corrected chi connectivity index (χ3v) is 1.22. The standard InChI is InChI=1S/C6H8ClNO2/c1-9-3-2-6-8-4-5(7)10-6/h4H,2-3H2,1H3. The van der Waals surface area contributed by atoms with E-state index in [1.54, 1.807) is 7.11 Å². The van der Waals surface area contributed by atoms with Gasteiger partial charge in [0.1, 0.15) is 0 Å². The maximum absolute atomic E-state index is 5.47. The topological polar surface area (TPSA) is 35.3 Å². The highest BCUT2D eigenvalue weighted by Crippen LogP contribution is 2.09. The van der Waals surface area contributed by atoms with Crippen LogP contribution in [0.1, 0.15) is 5.89 Å². The minimum Gasteiger partial charge on any atom is -0.429 e. The molecule has 0 saturated carbocycles. The molecule has 0 atom stereocenters. The number of hydrogen-bond donors (Lipinski definition) is 0. The van der Waals surface area contributed by atoms with Crippen LogP contribution in [0, 0.1) is 0 Å². The zero-order valence-electron chi connectivity index (χ0n) is 5.63. The number of aromatic nitrogens is 1. The van der Waals surface area contributed by atoms with Gasteiger partial charge in [0.05, 0.1) is 12.8 Å². The lowest BCUT2D eigenvalue weighted by molar-refractivity contribution is 0.195. The maximum atomic E-state index is 5.47. The Balaban J connectivity index is 2.42. The zero-order valence-corrected chi connectivity index (χ0v) is 6.39. The normalized spacial score (nSPS) is 10.2. The Kier molecular flexibility index (Phi) is 2.71. The molecule has 10 heavy (non-hydrogen) atoms. The first-order valence-electron chi connectivity index (χ1n) is 2.92. The van der Waals surface area contributed by atoms with Gasteiger partial charge < -0.3 is 9.15 Å². The molecule has 0 aliphatic rings. The molecule has 3 nitrogen and oxygen atoms in total. The molecule has 0 unspecified atom stereocenters. The summed E-state index contributed by atoms with van der Waals surface area (Å²) in [6.07, 6.45) is 2.15. The molecule has 4 heteroatoms. The third-order valence-electron chi connectivity index (χ3n) is 1.05. The van der Waals surface area contributed by atoms with E-state index < -0.39 is 0 Å². The van der Waals surface area contributed by atoms with Crippen molar-refractivity contribution in [2.24, 2.45) is 0 Å². The Hall–Kier alpha value is -0.540. The fourth-order valence-electron chi connectivity index (χ4n) is 0.593. The van der Waals surface area contributed by atoms with Crippen molar-refractivity contribution in [1.82, 2.24) is 4.98 Å². The van der Waals surface area contributed by atoms with Gasteiger partial charge in [0, 0.05) is 13.5 Å². The van der Waals surface area contributed by atoms with Gasteiger partial charge in [-0.3, -0.25) is 0 Å². The average Bonchev–Trinajstić information content (AvgIpc) is 2.31. The molecular weight excluding hydrogens is 154 g/mol. The summed E-state index contributed by atoms with van der Waals surface area (Å²) in [5.41, 5.74) is 0. The molecule has 1 rings (SSSR count). The summed E-state index contributed by atoms with van der Waals surface area (Å²) in [5.74, 6) is 0.617. The third kappa shape index (κ3) is 2.01. The SMILES string of the molecule is COCCc1ncc(Cl)o1.